The van der Waals surface area contributed by atoms with Crippen molar-refractivity contribution in [2.45, 2.75) is 13.8 Å². The number of anilines is 1. The molecule has 4 nitrogen and oxygen atoms in total. The van der Waals surface area contributed by atoms with E-state index in [0.717, 1.165) is 33.7 Å². The van der Waals surface area contributed by atoms with Crippen LogP contribution in [-0.4, -0.2) is 31.5 Å². The number of nitrogens with one attached hydrogen (secondary N) is 1. The van der Waals surface area contributed by atoms with Crippen molar-refractivity contribution in [3.8, 4) is 22.3 Å². The van der Waals surface area contributed by atoms with Gasteiger partial charge in [-0.3, -0.25) is 20.3 Å². The minimum atomic E-state index is 0.302. The van der Waals surface area contributed by atoms with Crippen molar-refractivity contribution in [2.24, 2.45) is 15.9 Å². The molecule has 0 unspecified atom stereocenters. The summed E-state index contributed by atoms with van der Waals surface area (Å²) in [6, 6.07) is 36.2. The van der Waals surface area contributed by atoms with Gasteiger partial charge >= 0.3 is 0 Å². The topological polar surface area (TPSA) is 51.8 Å². The normalized spacial score (nSPS) is 13.6. The molecule has 0 saturated carbocycles. The minimum Gasteiger partial charge on any atom is -0.291 e. The van der Waals surface area contributed by atoms with Crippen molar-refractivity contribution in [3.63, 3.8) is 0 Å². The van der Waals surface area contributed by atoms with E-state index in [1.165, 1.54) is 33.5 Å². The molecule has 0 saturated heterocycles. The molecular weight excluding hydrogens is 488 g/mol. The number of benzene rings is 5. The first-order valence-electron chi connectivity index (χ1n) is 13.7. The van der Waals surface area contributed by atoms with E-state index in [-0.39, 0.29) is 0 Å². The highest BCUT2D eigenvalue weighted by molar-refractivity contribution is 6.55. The molecule has 4 heteroatoms. The van der Waals surface area contributed by atoms with Crippen LogP contribution in [-0.2, 0) is 0 Å². The molecule has 1 heterocycles. The first-order chi connectivity index (χ1) is 19.6. The van der Waals surface area contributed by atoms with Crippen LogP contribution in [0, 0.1) is 11.3 Å². The van der Waals surface area contributed by atoms with Gasteiger partial charge < -0.3 is 0 Å². The lowest BCUT2D eigenvalue weighted by Gasteiger charge is -2.28. The Balaban J connectivity index is 1.68. The maximum absolute atomic E-state index is 8.76. The van der Waals surface area contributed by atoms with Gasteiger partial charge in [-0.25, -0.2) is 0 Å². The lowest BCUT2D eigenvalue weighted by Crippen LogP contribution is -2.37. The van der Waals surface area contributed by atoms with Gasteiger partial charge in [-0.2, -0.15) is 0 Å². The van der Waals surface area contributed by atoms with E-state index in [0.29, 0.717) is 18.3 Å². The van der Waals surface area contributed by atoms with Gasteiger partial charge in [-0.15, -0.1) is 0 Å². The van der Waals surface area contributed by atoms with Crippen molar-refractivity contribution < 1.29 is 0 Å². The third kappa shape index (κ3) is 4.32. The third-order valence-electron chi connectivity index (χ3n) is 7.67. The molecule has 0 fully saturated rings. The predicted octanol–water partition coefficient (Wildman–Crippen LogP) is 8.81. The number of rotatable bonds is 6. The summed E-state index contributed by atoms with van der Waals surface area (Å²) < 4.78 is 0. The molecule has 0 amide bonds. The molecule has 5 aromatic rings. The standard InChI is InChI=1S/C36H32N4/c1-24(2)27-21-22-39-34(27)36(38-3)40(23-37)35-32(30-17-8-13-25-11-4-6-15-28(25)30)19-10-20-33(35)31-18-9-14-26-12-5-7-16-29(26)31/h4-21,23-24,37H,22H2,1-3H3. The molecule has 1 aliphatic rings. The number of hydrogen-bond donors (Lipinski definition) is 1. The van der Waals surface area contributed by atoms with Crippen LogP contribution in [0.4, 0.5) is 5.69 Å². The number of para-hydroxylation sites is 1. The summed E-state index contributed by atoms with van der Waals surface area (Å²) in [7, 11) is 1.79. The van der Waals surface area contributed by atoms with Gasteiger partial charge in [0.15, 0.2) is 5.84 Å². The molecule has 0 bridgehead atoms. The molecule has 1 aliphatic heterocycles. The fourth-order valence-corrected chi connectivity index (χ4v) is 5.85. The lowest BCUT2D eigenvalue weighted by atomic mass is 9.90. The first kappa shape index (κ1) is 25.4. The van der Waals surface area contributed by atoms with Gasteiger partial charge in [0.05, 0.1) is 18.6 Å². The van der Waals surface area contributed by atoms with Crippen LogP contribution in [0.15, 0.2) is 125 Å². The number of nitrogens with zero attached hydrogens (tertiary/aromatic N) is 3. The summed E-state index contributed by atoms with van der Waals surface area (Å²) in [5, 5.41) is 13.5. The highest BCUT2D eigenvalue weighted by Crippen LogP contribution is 2.44. The third-order valence-corrected chi connectivity index (χ3v) is 7.67. The zero-order valence-corrected chi connectivity index (χ0v) is 23.1. The Labute approximate surface area is 235 Å². The van der Waals surface area contributed by atoms with Crippen LogP contribution in [0.2, 0.25) is 0 Å². The highest BCUT2D eigenvalue weighted by Gasteiger charge is 2.28. The largest absolute Gasteiger partial charge is 0.291 e. The molecule has 196 valence electrons. The second-order valence-electron chi connectivity index (χ2n) is 10.3. The van der Waals surface area contributed by atoms with Gasteiger partial charge in [-0.05, 0) is 44.2 Å². The minimum absolute atomic E-state index is 0.302. The van der Waals surface area contributed by atoms with E-state index in [1.807, 2.05) is 4.90 Å². The summed E-state index contributed by atoms with van der Waals surface area (Å²) in [6.07, 6.45) is 3.56. The summed E-state index contributed by atoms with van der Waals surface area (Å²) in [5.41, 5.74) is 7.26. The highest BCUT2D eigenvalue weighted by atomic mass is 15.2. The summed E-state index contributed by atoms with van der Waals surface area (Å²) in [6.45, 7) is 5.00. The Kier molecular flexibility index (Phi) is 6.83. The fraction of sp³-hybridized carbons (Fsp3) is 0.139. The molecule has 1 N–H and O–H groups in total. The summed E-state index contributed by atoms with van der Waals surface area (Å²) in [5.74, 6) is 0.984. The fourth-order valence-electron chi connectivity index (χ4n) is 5.85. The second-order valence-corrected chi connectivity index (χ2v) is 10.3. The van der Waals surface area contributed by atoms with Gasteiger partial charge in [0.2, 0.25) is 0 Å². The molecule has 0 aromatic heterocycles. The first-order valence-corrected chi connectivity index (χ1v) is 13.7. The van der Waals surface area contributed by atoms with E-state index < -0.39 is 0 Å². The zero-order chi connectivity index (χ0) is 27.6. The molecule has 40 heavy (non-hydrogen) atoms. The van der Waals surface area contributed by atoms with Gasteiger partial charge in [-0.1, -0.05) is 123 Å². The molecule has 0 radical (unpaired) electrons. The number of hydrogen-bond acceptors (Lipinski definition) is 3. The number of aliphatic imine (C=N–C) groups is 2. The van der Waals surface area contributed by atoms with Gasteiger partial charge in [0.1, 0.15) is 5.71 Å². The van der Waals surface area contributed by atoms with Crippen molar-refractivity contribution >= 4 is 45.1 Å². The van der Waals surface area contributed by atoms with Crippen LogP contribution in [0.1, 0.15) is 13.8 Å². The van der Waals surface area contributed by atoms with Crippen molar-refractivity contribution in [3.05, 3.63) is 115 Å². The lowest BCUT2D eigenvalue weighted by molar-refractivity contribution is 0.806. The summed E-state index contributed by atoms with van der Waals surface area (Å²) in [4.78, 5) is 11.5. The van der Waals surface area contributed by atoms with Crippen LogP contribution in [0.3, 0.4) is 0 Å². The molecule has 6 rings (SSSR count). The van der Waals surface area contributed by atoms with Crippen LogP contribution < -0.4 is 4.90 Å². The van der Waals surface area contributed by atoms with E-state index in [1.54, 1.807) is 7.05 Å². The number of fused-ring (bicyclic) bond motifs is 2. The Morgan fingerprint density at radius 2 is 1.25 bits per heavy atom. The van der Waals surface area contributed by atoms with E-state index in [2.05, 4.69) is 123 Å². The van der Waals surface area contributed by atoms with Crippen molar-refractivity contribution in [2.75, 3.05) is 18.5 Å². The van der Waals surface area contributed by atoms with Crippen LogP contribution in [0.25, 0.3) is 43.8 Å². The molecule has 0 atom stereocenters. The smallest absolute Gasteiger partial charge is 0.159 e. The maximum atomic E-state index is 8.76. The maximum Gasteiger partial charge on any atom is 0.159 e. The molecule has 0 aliphatic carbocycles. The van der Waals surface area contributed by atoms with Gasteiger partial charge in [0.25, 0.3) is 0 Å². The van der Waals surface area contributed by atoms with Gasteiger partial charge in [0, 0.05) is 18.2 Å². The van der Waals surface area contributed by atoms with Crippen molar-refractivity contribution in [1.29, 1.82) is 5.41 Å². The monoisotopic (exact) mass is 520 g/mol. The SMILES string of the molecule is CN=C(C1=NCC=C1C(C)C)N(C=N)c1c(-c2cccc3ccccc23)cccc1-c1cccc2ccccc12. The Morgan fingerprint density at radius 3 is 1.77 bits per heavy atom. The Morgan fingerprint density at radius 1 is 0.750 bits per heavy atom. The predicted molar refractivity (Wildman–Crippen MR) is 172 cm³/mol. The molecule has 0 spiro atoms. The van der Waals surface area contributed by atoms with E-state index in [9.17, 15) is 0 Å². The van der Waals surface area contributed by atoms with E-state index in [4.69, 9.17) is 15.4 Å². The average Bonchev–Trinajstić information content (AvgIpc) is 3.49. The number of amidine groups is 1. The van der Waals surface area contributed by atoms with Crippen LogP contribution in [0.5, 0.6) is 0 Å². The second kappa shape index (κ2) is 10.7. The van der Waals surface area contributed by atoms with Crippen molar-refractivity contribution in [1.82, 2.24) is 0 Å². The van der Waals surface area contributed by atoms with Crippen LogP contribution >= 0.6 is 0 Å². The van der Waals surface area contributed by atoms with E-state index >= 15 is 0 Å². The quantitative estimate of drug-likeness (QED) is 0.176. The zero-order valence-electron chi connectivity index (χ0n) is 23.1. The molecule has 5 aromatic carbocycles. The summed E-state index contributed by atoms with van der Waals surface area (Å²) >= 11 is 0. The Hall–Kier alpha value is -4.83. The average molecular weight is 521 g/mol. The molecular formula is C36H32N4. The Bertz CT molecular complexity index is 1730.